The highest BCUT2D eigenvalue weighted by Gasteiger charge is 2.21. The molecule has 270 valence electrons. The van der Waals surface area contributed by atoms with Crippen LogP contribution in [0.15, 0.2) is 194 Å². The summed E-state index contributed by atoms with van der Waals surface area (Å²) >= 11 is 0. The van der Waals surface area contributed by atoms with Crippen LogP contribution in [0, 0.1) is 5.92 Å². The van der Waals surface area contributed by atoms with Gasteiger partial charge >= 0.3 is 0 Å². The number of hydrogen-bond acceptors (Lipinski definition) is 3. The third-order valence-electron chi connectivity index (χ3n) is 11.5. The summed E-state index contributed by atoms with van der Waals surface area (Å²) in [6.45, 7) is 2.24. The lowest BCUT2D eigenvalue weighted by Crippen LogP contribution is -2.11. The normalized spacial score (nSPS) is 15.3. The molecular weight excluding hydrogens is 695 g/mol. The Labute approximate surface area is 330 Å². The van der Waals surface area contributed by atoms with Crippen molar-refractivity contribution in [2.75, 3.05) is 0 Å². The summed E-state index contributed by atoms with van der Waals surface area (Å²) in [5, 5.41) is 4.90. The standard InChI is InChI=1S/C52H37N5/c1-34-14-5-6-19-40(34)47-32-46(35-15-3-2-4-16-35)54-52(55-47)37-26-28-45(53-33-37)36-27-29-51-44(30-36)43-22-9-12-25-50(43)57(51)39-18-13-17-38(31-39)56-48-23-10-7-20-41(48)42-21-8-11-24-49(42)56/h2-34,40H,1H3. The Morgan fingerprint density at radius 1 is 0.439 bits per heavy atom. The predicted molar refractivity (Wildman–Crippen MR) is 235 cm³/mol. The Hall–Kier alpha value is -7.37. The minimum atomic E-state index is 0.177. The van der Waals surface area contributed by atoms with Gasteiger partial charge in [-0.1, -0.05) is 128 Å². The highest BCUT2D eigenvalue weighted by atomic mass is 15.0. The van der Waals surface area contributed by atoms with Gasteiger partial charge < -0.3 is 9.13 Å². The number of aromatic nitrogens is 5. The molecule has 0 spiro atoms. The quantitative estimate of drug-likeness (QED) is 0.171. The number of hydrogen-bond donors (Lipinski definition) is 0. The molecule has 0 N–H and O–H groups in total. The molecule has 11 rings (SSSR count). The van der Waals surface area contributed by atoms with Crippen LogP contribution in [0.4, 0.5) is 0 Å². The summed E-state index contributed by atoms with van der Waals surface area (Å²) in [5.41, 5.74) is 12.8. The molecule has 1 aliphatic carbocycles. The van der Waals surface area contributed by atoms with E-state index in [0.717, 1.165) is 56.2 Å². The van der Waals surface area contributed by atoms with Crippen molar-refractivity contribution in [1.29, 1.82) is 0 Å². The van der Waals surface area contributed by atoms with Crippen LogP contribution >= 0.6 is 0 Å². The SMILES string of the molecule is CC1C=CC=CC1c1cc(-c2ccccc2)nc(-c2ccc(-c3ccc4c(c3)c3ccccc3n4-c3cccc(-n4c5ccccc5c5ccccc54)c3)nc2)n1. The Morgan fingerprint density at radius 2 is 1.04 bits per heavy atom. The van der Waals surface area contributed by atoms with E-state index in [-0.39, 0.29) is 5.92 Å². The van der Waals surface area contributed by atoms with Crippen molar-refractivity contribution in [1.82, 2.24) is 24.1 Å². The zero-order chi connectivity index (χ0) is 37.9. The average molecular weight is 732 g/mol. The average Bonchev–Trinajstić information content (AvgIpc) is 3.79. The molecule has 5 nitrogen and oxygen atoms in total. The first-order valence-corrected chi connectivity index (χ1v) is 19.6. The second kappa shape index (κ2) is 13.4. The molecule has 2 atom stereocenters. The lowest BCUT2D eigenvalue weighted by atomic mass is 9.86. The fraction of sp³-hybridized carbons (Fsp3) is 0.0577. The van der Waals surface area contributed by atoms with Crippen molar-refractivity contribution >= 4 is 43.6 Å². The van der Waals surface area contributed by atoms with Crippen LogP contribution in [0.1, 0.15) is 18.5 Å². The molecular formula is C52H37N5. The van der Waals surface area contributed by atoms with Crippen LogP contribution in [-0.4, -0.2) is 24.1 Å². The van der Waals surface area contributed by atoms with E-state index in [0.29, 0.717) is 11.7 Å². The monoisotopic (exact) mass is 731 g/mol. The van der Waals surface area contributed by atoms with E-state index in [9.17, 15) is 0 Å². The fourth-order valence-corrected chi connectivity index (χ4v) is 8.69. The van der Waals surface area contributed by atoms with Gasteiger partial charge in [0.25, 0.3) is 0 Å². The fourth-order valence-electron chi connectivity index (χ4n) is 8.69. The summed E-state index contributed by atoms with van der Waals surface area (Å²) in [6.07, 6.45) is 10.6. The number of para-hydroxylation sites is 3. The topological polar surface area (TPSA) is 48.5 Å². The highest BCUT2D eigenvalue weighted by molar-refractivity contribution is 6.11. The van der Waals surface area contributed by atoms with Gasteiger partial charge in [-0.2, -0.15) is 0 Å². The van der Waals surface area contributed by atoms with Crippen LogP contribution in [-0.2, 0) is 0 Å². The molecule has 4 aromatic heterocycles. The van der Waals surface area contributed by atoms with E-state index in [1.165, 1.54) is 32.6 Å². The molecule has 57 heavy (non-hydrogen) atoms. The first-order valence-electron chi connectivity index (χ1n) is 19.6. The van der Waals surface area contributed by atoms with Gasteiger partial charge in [0.05, 0.1) is 39.1 Å². The van der Waals surface area contributed by atoms with E-state index in [4.69, 9.17) is 15.0 Å². The van der Waals surface area contributed by atoms with Crippen LogP contribution in [0.5, 0.6) is 0 Å². The molecule has 5 heteroatoms. The molecule has 0 saturated heterocycles. The van der Waals surface area contributed by atoms with Gasteiger partial charge in [-0.05, 0) is 72.6 Å². The number of rotatable bonds is 6. The van der Waals surface area contributed by atoms with Gasteiger partial charge in [0, 0.05) is 61.7 Å². The molecule has 0 saturated carbocycles. The largest absolute Gasteiger partial charge is 0.309 e. The van der Waals surface area contributed by atoms with Gasteiger partial charge in [0.15, 0.2) is 5.82 Å². The number of pyridine rings is 1. The minimum absolute atomic E-state index is 0.177. The first kappa shape index (κ1) is 33.0. The molecule has 4 heterocycles. The zero-order valence-electron chi connectivity index (χ0n) is 31.4. The Bertz CT molecular complexity index is 3150. The maximum atomic E-state index is 5.12. The van der Waals surface area contributed by atoms with E-state index in [1.807, 2.05) is 12.3 Å². The second-order valence-electron chi connectivity index (χ2n) is 14.9. The lowest BCUT2D eigenvalue weighted by molar-refractivity contribution is 0.619. The first-order chi connectivity index (χ1) is 28.2. The number of nitrogens with zero attached hydrogens (tertiary/aromatic N) is 5. The smallest absolute Gasteiger partial charge is 0.161 e. The van der Waals surface area contributed by atoms with Gasteiger partial charge in [0.1, 0.15) is 0 Å². The van der Waals surface area contributed by atoms with Crippen LogP contribution in [0.2, 0.25) is 0 Å². The lowest BCUT2D eigenvalue weighted by Gasteiger charge is -2.21. The van der Waals surface area contributed by atoms with Crippen molar-refractivity contribution in [3.05, 3.63) is 200 Å². The highest BCUT2D eigenvalue weighted by Crippen LogP contribution is 2.38. The zero-order valence-corrected chi connectivity index (χ0v) is 31.4. The molecule has 0 amide bonds. The van der Waals surface area contributed by atoms with Crippen LogP contribution in [0.25, 0.3) is 88.9 Å². The molecule has 1 aliphatic rings. The Balaban J connectivity index is 0.988. The molecule has 2 unspecified atom stereocenters. The molecule has 0 radical (unpaired) electrons. The third-order valence-corrected chi connectivity index (χ3v) is 11.5. The Kier molecular flexibility index (Phi) is 7.78. The summed E-state index contributed by atoms with van der Waals surface area (Å²) < 4.78 is 4.76. The second-order valence-corrected chi connectivity index (χ2v) is 14.9. The molecule has 6 aromatic carbocycles. The number of allylic oxidation sites excluding steroid dienone is 4. The maximum absolute atomic E-state index is 5.12. The van der Waals surface area contributed by atoms with Gasteiger partial charge in [-0.25, -0.2) is 9.97 Å². The molecule has 10 aromatic rings. The van der Waals surface area contributed by atoms with Crippen molar-refractivity contribution in [3.63, 3.8) is 0 Å². The molecule has 0 fully saturated rings. The van der Waals surface area contributed by atoms with Gasteiger partial charge in [-0.15, -0.1) is 0 Å². The van der Waals surface area contributed by atoms with Crippen LogP contribution in [0.3, 0.4) is 0 Å². The van der Waals surface area contributed by atoms with E-state index in [2.05, 4.69) is 198 Å². The van der Waals surface area contributed by atoms with E-state index < -0.39 is 0 Å². The summed E-state index contributed by atoms with van der Waals surface area (Å²) in [5.74, 6) is 1.20. The Morgan fingerprint density at radius 3 is 1.68 bits per heavy atom. The molecule has 0 bridgehead atoms. The maximum Gasteiger partial charge on any atom is 0.161 e. The summed E-state index contributed by atoms with van der Waals surface area (Å²) in [7, 11) is 0. The van der Waals surface area contributed by atoms with Gasteiger partial charge in [-0.3, -0.25) is 4.98 Å². The molecule has 0 aliphatic heterocycles. The summed E-state index contributed by atoms with van der Waals surface area (Å²) in [6, 6.07) is 58.3. The van der Waals surface area contributed by atoms with E-state index >= 15 is 0 Å². The minimum Gasteiger partial charge on any atom is -0.309 e. The number of fused-ring (bicyclic) bond motifs is 6. The number of benzene rings is 6. The van der Waals surface area contributed by atoms with Crippen molar-refractivity contribution in [2.45, 2.75) is 12.8 Å². The summed E-state index contributed by atoms with van der Waals surface area (Å²) in [4.78, 5) is 15.2. The predicted octanol–water partition coefficient (Wildman–Crippen LogP) is 12.9. The third kappa shape index (κ3) is 5.58. The van der Waals surface area contributed by atoms with Gasteiger partial charge in [0.2, 0.25) is 0 Å². The van der Waals surface area contributed by atoms with Crippen molar-refractivity contribution in [3.8, 4) is 45.3 Å². The van der Waals surface area contributed by atoms with E-state index in [1.54, 1.807) is 0 Å². The van der Waals surface area contributed by atoms with Crippen molar-refractivity contribution in [2.24, 2.45) is 5.92 Å². The van der Waals surface area contributed by atoms with Crippen molar-refractivity contribution < 1.29 is 0 Å². The van der Waals surface area contributed by atoms with Crippen LogP contribution < -0.4 is 0 Å².